The average molecular weight is 501 g/mol. The third-order valence-corrected chi connectivity index (χ3v) is 5.86. The maximum Gasteiger partial charge on any atom is 0.258 e. The van der Waals surface area contributed by atoms with Gasteiger partial charge in [0.05, 0.1) is 6.54 Å². The maximum atomic E-state index is 13.1. The number of para-hydroxylation sites is 1. The van der Waals surface area contributed by atoms with E-state index in [0.717, 1.165) is 31.6 Å². The Kier molecular flexibility index (Phi) is 10.3. The maximum absolute atomic E-state index is 13.1. The minimum atomic E-state index is -0.254. The molecule has 3 aromatic rings. The van der Waals surface area contributed by atoms with E-state index < -0.39 is 0 Å². The van der Waals surface area contributed by atoms with E-state index in [1.807, 2.05) is 54.3 Å². The summed E-state index contributed by atoms with van der Waals surface area (Å²) in [6, 6.07) is 23.6. The first kappa shape index (κ1) is 27.5. The molecule has 0 spiro atoms. The first-order chi connectivity index (χ1) is 18.0. The van der Waals surface area contributed by atoms with Crippen LogP contribution in [0.3, 0.4) is 0 Å². The van der Waals surface area contributed by atoms with Crippen molar-refractivity contribution in [2.45, 2.75) is 33.6 Å². The number of anilines is 3. The number of nitrogens with zero attached hydrogens (tertiary/aromatic N) is 2. The van der Waals surface area contributed by atoms with E-state index in [1.54, 1.807) is 41.3 Å². The Bertz CT molecular complexity index is 1190. The highest BCUT2D eigenvalue weighted by Crippen LogP contribution is 2.19. The van der Waals surface area contributed by atoms with Crippen LogP contribution in [0.25, 0.3) is 0 Å². The number of hydrogen-bond donors (Lipinski definition) is 2. The molecule has 0 heterocycles. The van der Waals surface area contributed by atoms with E-state index in [2.05, 4.69) is 24.5 Å². The van der Waals surface area contributed by atoms with Crippen LogP contribution in [0.5, 0.6) is 0 Å². The number of carbonyl (C=O) groups is 3. The van der Waals surface area contributed by atoms with Gasteiger partial charge < -0.3 is 20.4 Å². The molecule has 0 aliphatic heterocycles. The Labute approximate surface area is 219 Å². The first-order valence-corrected chi connectivity index (χ1v) is 12.9. The molecule has 3 amide bonds. The van der Waals surface area contributed by atoms with E-state index >= 15 is 0 Å². The number of carbonyl (C=O) groups excluding carboxylic acids is 3. The van der Waals surface area contributed by atoms with Gasteiger partial charge in [0.15, 0.2) is 0 Å². The van der Waals surface area contributed by atoms with Crippen LogP contribution in [-0.2, 0) is 4.79 Å². The molecule has 194 valence electrons. The molecule has 3 aromatic carbocycles. The molecule has 3 rings (SSSR count). The Hall–Kier alpha value is -4.13. The summed E-state index contributed by atoms with van der Waals surface area (Å²) in [7, 11) is 0. The van der Waals surface area contributed by atoms with Gasteiger partial charge in [-0.3, -0.25) is 14.4 Å². The standard InChI is InChI=1S/C30H36N4O3/c1-4-18-33(19-5-2)29(36)23-12-10-14-25(20-23)31-22-28(35)32-26-15-11-13-24(21-26)30(37)34(6-3)27-16-8-7-9-17-27/h7-17,20-21,31H,4-6,18-19,22H2,1-3H3,(H,32,35). The lowest BCUT2D eigenvalue weighted by atomic mass is 10.1. The zero-order valence-corrected chi connectivity index (χ0v) is 21.9. The molecule has 0 bridgehead atoms. The van der Waals surface area contributed by atoms with Gasteiger partial charge in [0.2, 0.25) is 5.91 Å². The lowest BCUT2D eigenvalue weighted by Crippen LogP contribution is -2.32. The topological polar surface area (TPSA) is 81.8 Å². The van der Waals surface area contributed by atoms with Crippen LogP contribution in [0.1, 0.15) is 54.3 Å². The summed E-state index contributed by atoms with van der Waals surface area (Å²) in [5.41, 5.74) is 3.14. The van der Waals surface area contributed by atoms with Crippen molar-refractivity contribution in [1.29, 1.82) is 0 Å². The Morgan fingerprint density at radius 2 is 1.30 bits per heavy atom. The normalized spacial score (nSPS) is 10.5. The molecule has 0 fully saturated rings. The Balaban J connectivity index is 1.62. The van der Waals surface area contributed by atoms with E-state index in [4.69, 9.17) is 0 Å². The van der Waals surface area contributed by atoms with Crippen molar-refractivity contribution < 1.29 is 14.4 Å². The van der Waals surface area contributed by atoms with Crippen LogP contribution in [0.2, 0.25) is 0 Å². The van der Waals surface area contributed by atoms with E-state index in [-0.39, 0.29) is 24.3 Å². The third kappa shape index (κ3) is 7.67. The number of hydrogen-bond acceptors (Lipinski definition) is 4. The molecular formula is C30H36N4O3. The van der Waals surface area contributed by atoms with Crippen LogP contribution in [0.4, 0.5) is 17.1 Å². The second-order valence-electron chi connectivity index (χ2n) is 8.74. The van der Waals surface area contributed by atoms with Crippen molar-refractivity contribution in [3.63, 3.8) is 0 Å². The summed E-state index contributed by atoms with van der Waals surface area (Å²) in [4.78, 5) is 42.2. The van der Waals surface area contributed by atoms with Crippen LogP contribution in [0, 0.1) is 0 Å². The van der Waals surface area contributed by atoms with Gasteiger partial charge in [0.1, 0.15) is 0 Å². The van der Waals surface area contributed by atoms with Crippen LogP contribution in [0.15, 0.2) is 78.9 Å². The molecule has 37 heavy (non-hydrogen) atoms. The summed E-state index contributed by atoms with van der Waals surface area (Å²) >= 11 is 0. The van der Waals surface area contributed by atoms with Gasteiger partial charge >= 0.3 is 0 Å². The fourth-order valence-corrected chi connectivity index (χ4v) is 4.12. The largest absolute Gasteiger partial charge is 0.376 e. The van der Waals surface area contributed by atoms with Crippen LogP contribution < -0.4 is 15.5 Å². The second-order valence-corrected chi connectivity index (χ2v) is 8.74. The smallest absolute Gasteiger partial charge is 0.258 e. The third-order valence-electron chi connectivity index (χ3n) is 5.86. The number of amides is 3. The highest BCUT2D eigenvalue weighted by Gasteiger charge is 2.17. The quantitative estimate of drug-likeness (QED) is 0.336. The molecular weight excluding hydrogens is 464 g/mol. The SMILES string of the molecule is CCCN(CCC)C(=O)c1cccc(NCC(=O)Nc2cccc(C(=O)N(CC)c3ccccc3)c2)c1. The molecule has 0 saturated heterocycles. The fourth-order valence-electron chi connectivity index (χ4n) is 4.12. The molecule has 0 unspecified atom stereocenters. The summed E-state index contributed by atoms with van der Waals surface area (Å²) in [6.07, 6.45) is 1.80. The van der Waals surface area contributed by atoms with Crippen LogP contribution in [-0.4, -0.2) is 48.8 Å². The second kappa shape index (κ2) is 13.8. The van der Waals surface area contributed by atoms with Crippen molar-refractivity contribution in [2.75, 3.05) is 41.7 Å². The minimum absolute atomic E-state index is 0.00471. The van der Waals surface area contributed by atoms with Crippen molar-refractivity contribution in [2.24, 2.45) is 0 Å². The first-order valence-electron chi connectivity index (χ1n) is 12.9. The number of nitrogens with one attached hydrogen (secondary N) is 2. The lowest BCUT2D eigenvalue weighted by Gasteiger charge is -2.22. The van der Waals surface area contributed by atoms with Gasteiger partial charge in [0.25, 0.3) is 11.8 Å². The zero-order chi connectivity index (χ0) is 26.6. The molecule has 7 heteroatoms. The summed E-state index contributed by atoms with van der Waals surface area (Å²) < 4.78 is 0. The predicted octanol–water partition coefficient (Wildman–Crippen LogP) is 5.67. The predicted molar refractivity (Wildman–Crippen MR) is 150 cm³/mol. The van der Waals surface area contributed by atoms with Gasteiger partial charge in [0, 0.05) is 47.8 Å². The lowest BCUT2D eigenvalue weighted by molar-refractivity contribution is -0.114. The monoisotopic (exact) mass is 500 g/mol. The van der Waals surface area contributed by atoms with Gasteiger partial charge in [-0.2, -0.15) is 0 Å². The summed E-state index contributed by atoms with van der Waals surface area (Å²) in [5.74, 6) is -0.394. The average Bonchev–Trinajstić information content (AvgIpc) is 2.92. The summed E-state index contributed by atoms with van der Waals surface area (Å²) in [5, 5.41) is 5.94. The van der Waals surface area contributed by atoms with Crippen molar-refractivity contribution >= 4 is 34.8 Å². The number of rotatable bonds is 12. The fraction of sp³-hybridized carbons (Fsp3) is 0.300. The van der Waals surface area contributed by atoms with Gasteiger partial charge in [-0.1, -0.05) is 44.2 Å². The molecule has 0 saturated carbocycles. The highest BCUT2D eigenvalue weighted by molar-refractivity contribution is 6.07. The Morgan fingerprint density at radius 3 is 1.92 bits per heavy atom. The molecule has 0 aliphatic rings. The van der Waals surface area contributed by atoms with Crippen LogP contribution >= 0.6 is 0 Å². The molecule has 0 atom stereocenters. The zero-order valence-electron chi connectivity index (χ0n) is 21.9. The Morgan fingerprint density at radius 1 is 0.703 bits per heavy atom. The van der Waals surface area contributed by atoms with Crippen molar-refractivity contribution in [3.05, 3.63) is 90.0 Å². The van der Waals surface area contributed by atoms with Gasteiger partial charge in [-0.15, -0.1) is 0 Å². The van der Waals surface area contributed by atoms with Gasteiger partial charge in [-0.05, 0) is 68.3 Å². The summed E-state index contributed by atoms with van der Waals surface area (Å²) in [6.45, 7) is 8.03. The van der Waals surface area contributed by atoms with E-state index in [9.17, 15) is 14.4 Å². The molecule has 0 radical (unpaired) electrons. The molecule has 7 nitrogen and oxygen atoms in total. The molecule has 2 N–H and O–H groups in total. The molecule has 0 aliphatic carbocycles. The number of benzene rings is 3. The minimum Gasteiger partial charge on any atom is -0.376 e. The molecule has 0 aromatic heterocycles. The van der Waals surface area contributed by atoms with Gasteiger partial charge in [-0.25, -0.2) is 0 Å². The van der Waals surface area contributed by atoms with Crippen molar-refractivity contribution in [3.8, 4) is 0 Å². The highest BCUT2D eigenvalue weighted by atomic mass is 16.2. The van der Waals surface area contributed by atoms with E-state index in [0.29, 0.717) is 29.0 Å². The van der Waals surface area contributed by atoms with Crippen molar-refractivity contribution in [1.82, 2.24) is 4.90 Å². The van der Waals surface area contributed by atoms with E-state index in [1.165, 1.54) is 0 Å².